The van der Waals surface area contributed by atoms with Gasteiger partial charge in [0.1, 0.15) is 10.8 Å². The van der Waals surface area contributed by atoms with Crippen LogP contribution in [-0.2, 0) is 31.9 Å². The van der Waals surface area contributed by atoms with E-state index >= 15 is 0 Å². The molecule has 0 saturated carbocycles. The van der Waals surface area contributed by atoms with Crippen LogP contribution in [0.25, 0.3) is 0 Å². The van der Waals surface area contributed by atoms with Crippen molar-refractivity contribution in [3.63, 3.8) is 0 Å². The largest absolute Gasteiger partial charge is 0.482 e. The summed E-state index contributed by atoms with van der Waals surface area (Å²) in [6.07, 6.45) is 2.66. The van der Waals surface area contributed by atoms with Crippen molar-refractivity contribution in [1.29, 1.82) is 0 Å². The molecule has 1 aliphatic carbocycles. The van der Waals surface area contributed by atoms with E-state index in [0.29, 0.717) is 16.3 Å². The Morgan fingerprint density at radius 1 is 1.10 bits per heavy atom. The van der Waals surface area contributed by atoms with Gasteiger partial charge in [-0.2, -0.15) is 0 Å². The lowest BCUT2D eigenvalue weighted by atomic mass is 10.1. The van der Waals surface area contributed by atoms with Crippen molar-refractivity contribution in [3.05, 3.63) is 45.8 Å². The molecule has 0 spiro atoms. The Hall–Kier alpha value is -2.87. The highest BCUT2D eigenvalue weighted by Gasteiger charge is 2.28. The molecule has 1 aliphatic rings. The smallest absolute Gasteiger partial charge is 0.344 e. The summed E-state index contributed by atoms with van der Waals surface area (Å²) in [6.45, 7) is 3.12. The van der Waals surface area contributed by atoms with Crippen LogP contribution in [0.2, 0.25) is 0 Å². The second-order valence-corrected chi connectivity index (χ2v) is 7.65. The van der Waals surface area contributed by atoms with E-state index in [4.69, 9.17) is 14.2 Å². The van der Waals surface area contributed by atoms with Crippen LogP contribution in [0, 0.1) is 6.92 Å². The summed E-state index contributed by atoms with van der Waals surface area (Å²) in [5.41, 5.74) is 2.27. The van der Waals surface area contributed by atoms with Crippen molar-refractivity contribution in [2.45, 2.75) is 33.1 Å². The first-order valence-electron chi connectivity index (χ1n) is 9.45. The first-order chi connectivity index (χ1) is 14.0. The number of aryl methyl sites for hydroxylation is 2. The van der Waals surface area contributed by atoms with Crippen LogP contribution >= 0.6 is 11.3 Å². The van der Waals surface area contributed by atoms with Crippen LogP contribution in [0.15, 0.2) is 24.3 Å². The van der Waals surface area contributed by atoms with Gasteiger partial charge in [-0.3, -0.25) is 4.79 Å². The Balaban J connectivity index is 1.54. The monoisotopic (exact) mass is 417 g/mol. The van der Waals surface area contributed by atoms with Gasteiger partial charge in [0.25, 0.3) is 5.91 Å². The minimum atomic E-state index is -0.650. The minimum absolute atomic E-state index is 0.259. The number of rotatable bonds is 8. The van der Waals surface area contributed by atoms with Gasteiger partial charge in [0.15, 0.2) is 13.2 Å². The summed E-state index contributed by atoms with van der Waals surface area (Å²) < 4.78 is 15.5. The summed E-state index contributed by atoms with van der Waals surface area (Å²) in [5, 5.41) is 3.13. The molecule has 0 aliphatic heterocycles. The number of thiophene rings is 1. The van der Waals surface area contributed by atoms with E-state index in [-0.39, 0.29) is 13.2 Å². The van der Waals surface area contributed by atoms with Gasteiger partial charge in [-0.1, -0.05) is 18.2 Å². The summed E-state index contributed by atoms with van der Waals surface area (Å²) >= 11 is 1.38. The minimum Gasteiger partial charge on any atom is -0.482 e. The molecule has 1 aromatic carbocycles. The Labute approximate surface area is 173 Å². The molecule has 1 aromatic heterocycles. The van der Waals surface area contributed by atoms with Crippen LogP contribution in [0.1, 0.15) is 39.7 Å². The third-order valence-electron chi connectivity index (χ3n) is 4.46. The normalized spacial score (nSPS) is 12.2. The van der Waals surface area contributed by atoms with Crippen molar-refractivity contribution in [2.75, 3.05) is 25.1 Å². The van der Waals surface area contributed by atoms with Gasteiger partial charge in [0.2, 0.25) is 0 Å². The summed E-state index contributed by atoms with van der Waals surface area (Å²) in [6, 6.07) is 7.30. The summed E-state index contributed by atoms with van der Waals surface area (Å²) in [5.74, 6) is -1.02. The number of carbonyl (C=O) groups is 3. The number of carbonyl (C=O) groups excluding carboxylic acids is 3. The van der Waals surface area contributed by atoms with Crippen molar-refractivity contribution < 1.29 is 28.6 Å². The zero-order valence-electron chi connectivity index (χ0n) is 16.4. The maximum atomic E-state index is 12.3. The van der Waals surface area contributed by atoms with Crippen molar-refractivity contribution >= 4 is 34.2 Å². The number of benzene rings is 1. The molecule has 0 saturated heterocycles. The maximum absolute atomic E-state index is 12.3. The fourth-order valence-electron chi connectivity index (χ4n) is 3.12. The molecule has 0 unspecified atom stereocenters. The molecular weight excluding hydrogens is 394 g/mol. The third kappa shape index (κ3) is 5.14. The lowest BCUT2D eigenvalue weighted by molar-refractivity contribution is -0.149. The highest BCUT2D eigenvalue weighted by molar-refractivity contribution is 7.17. The zero-order valence-corrected chi connectivity index (χ0v) is 17.2. The molecule has 29 heavy (non-hydrogen) atoms. The Morgan fingerprint density at radius 2 is 1.90 bits per heavy atom. The van der Waals surface area contributed by atoms with Gasteiger partial charge >= 0.3 is 11.9 Å². The molecule has 0 fully saturated rings. The molecule has 3 rings (SSSR count). The second-order valence-electron chi connectivity index (χ2n) is 6.54. The average Bonchev–Trinajstić information content (AvgIpc) is 3.26. The van der Waals surface area contributed by atoms with Crippen LogP contribution < -0.4 is 10.1 Å². The predicted molar refractivity (Wildman–Crippen MR) is 109 cm³/mol. The molecular formula is C21H23NO6S. The quantitative estimate of drug-likeness (QED) is 0.663. The van der Waals surface area contributed by atoms with Gasteiger partial charge in [0, 0.05) is 4.88 Å². The van der Waals surface area contributed by atoms with Crippen LogP contribution in [0.5, 0.6) is 5.75 Å². The van der Waals surface area contributed by atoms with E-state index in [2.05, 4.69) is 5.32 Å². The SMILES string of the molecule is CCOC(=O)c1c(NC(=O)COC(=O)COc2ccccc2C)sc2c1CCC2. The number of hydrogen-bond acceptors (Lipinski definition) is 7. The van der Waals surface area contributed by atoms with Gasteiger partial charge < -0.3 is 19.5 Å². The summed E-state index contributed by atoms with van der Waals surface area (Å²) in [4.78, 5) is 37.5. The molecule has 154 valence electrons. The number of para-hydroxylation sites is 1. The predicted octanol–water partition coefficient (Wildman–Crippen LogP) is 3.28. The van der Waals surface area contributed by atoms with E-state index in [1.54, 1.807) is 19.1 Å². The maximum Gasteiger partial charge on any atom is 0.344 e. The Kier molecular flexibility index (Phi) is 6.87. The number of esters is 2. The van der Waals surface area contributed by atoms with Crippen LogP contribution in [0.3, 0.4) is 0 Å². The van der Waals surface area contributed by atoms with Crippen molar-refractivity contribution in [2.24, 2.45) is 0 Å². The highest BCUT2D eigenvalue weighted by Crippen LogP contribution is 2.39. The van der Waals surface area contributed by atoms with E-state index in [9.17, 15) is 14.4 Å². The first kappa shape index (κ1) is 20.9. The molecule has 0 atom stereocenters. The molecule has 8 heteroatoms. The fourth-order valence-corrected chi connectivity index (χ4v) is 4.41. The highest BCUT2D eigenvalue weighted by atomic mass is 32.1. The number of ether oxygens (including phenoxy) is 3. The molecule has 1 amide bonds. The molecule has 1 heterocycles. The van der Waals surface area contributed by atoms with Gasteiger partial charge in [-0.05, 0) is 50.3 Å². The van der Waals surface area contributed by atoms with Gasteiger partial charge in [-0.25, -0.2) is 9.59 Å². The Morgan fingerprint density at radius 3 is 2.66 bits per heavy atom. The topological polar surface area (TPSA) is 90.9 Å². The summed E-state index contributed by atoms with van der Waals surface area (Å²) in [7, 11) is 0. The molecule has 1 N–H and O–H groups in total. The molecule has 0 radical (unpaired) electrons. The van der Waals surface area contributed by atoms with Crippen molar-refractivity contribution in [3.8, 4) is 5.75 Å². The first-order valence-corrected chi connectivity index (χ1v) is 10.3. The molecule has 7 nitrogen and oxygen atoms in total. The van der Waals surface area contributed by atoms with Gasteiger partial charge in [-0.15, -0.1) is 11.3 Å². The number of fused-ring (bicyclic) bond motifs is 1. The fraction of sp³-hybridized carbons (Fsp3) is 0.381. The number of anilines is 1. The van der Waals surface area contributed by atoms with E-state index in [1.807, 2.05) is 19.1 Å². The number of nitrogens with one attached hydrogen (secondary N) is 1. The van der Waals surface area contributed by atoms with Gasteiger partial charge in [0.05, 0.1) is 12.2 Å². The van der Waals surface area contributed by atoms with Crippen LogP contribution in [-0.4, -0.2) is 37.7 Å². The molecule has 2 aromatic rings. The lowest BCUT2D eigenvalue weighted by Gasteiger charge is -2.10. The average molecular weight is 417 g/mol. The van der Waals surface area contributed by atoms with E-state index in [0.717, 1.165) is 35.3 Å². The number of hydrogen-bond donors (Lipinski definition) is 1. The van der Waals surface area contributed by atoms with E-state index < -0.39 is 24.5 Å². The molecule has 0 bridgehead atoms. The second kappa shape index (κ2) is 9.56. The van der Waals surface area contributed by atoms with E-state index in [1.165, 1.54) is 11.3 Å². The third-order valence-corrected chi connectivity index (χ3v) is 5.66. The standard InChI is InChI=1S/C21H23NO6S/c1-3-26-21(25)19-14-8-6-10-16(14)29-20(19)22-17(23)11-28-18(24)12-27-15-9-5-4-7-13(15)2/h4-5,7,9H,3,6,8,10-12H2,1-2H3,(H,22,23). The van der Waals surface area contributed by atoms with Crippen molar-refractivity contribution in [1.82, 2.24) is 0 Å². The zero-order chi connectivity index (χ0) is 20.8. The van der Waals surface area contributed by atoms with Crippen LogP contribution in [0.4, 0.5) is 5.00 Å². The lowest BCUT2D eigenvalue weighted by Crippen LogP contribution is -2.24. The Bertz CT molecular complexity index is 920. The number of amides is 1.